The van der Waals surface area contributed by atoms with Crippen LogP contribution in [0.1, 0.15) is 43.2 Å². The van der Waals surface area contributed by atoms with Crippen molar-refractivity contribution in [2.75, 3.05) is 6.61 Å². The molecule has 1 aliphatic heterocycles. The number of benzene rings is 1. The zero-order valence-corrected chi connectivity index (χ0v) is 12.8. The van der Waals surface area contributed by atoms with Crippen molar-refractivity contribution < 1.29 is 9.84 Å². The Bertz CT molecular complexity index is 452. The molecule has 1 N–H and O–H groups in total. The van der Waals surface area contributed by atoms with Gasteiger partial charge in [-0.25, -0.2) is 0 Å². The van der Waals surface area contributed by atoms with Crippen molar-refractivity contribution in [1.29, 1.82) is 0 Å². The van der Waals surface area contributed by atoms with E-state index in [1.807, 2.05) is 0 Å². The molecule has 1 atom stereocenters. The van der Waals surface area contributed by atoms with Crippen LogP contribution in [0, 0.1) is 5.92 Å². The van der Waals surface area contributed by atoms with Crippen LogP contribution < -0.4 is 4.74 Å². The second-order valence-electron chi connectivity index (χ2n) is 5.90. The van der Waals surface area contributed by atoms with Crippen LogP contribution in [0.2, 0.25) is 0 Å². The van der Waals surface area contributed by atoms with Gasteiger partial charge in [-0.3, -0.25) is 0 Å². The third-order valence-corrected chi connectivity index (χ3v) is 4.82. The van der Waals surface area contributed by atoms with Crippen LogP contribution in [0.15, 0.2) is 16.6 Å². The number of fused-ring (bicyclic) bond motifs is 1. The van der Waals surface area contributed by atoms with E-state index in [-0.39, 0.29) is 6.10 Å². The summed E-state index contributed by atoms with van der Waals surface area (Å²) in [5.41, 5.74) is 2.44. The van der Waals surface area contributed by atoms with E-state index in [2.05, 4.69) is 28.1 Å². The van der Waals surface area contributed by atoms with Gasteiger partial charge in [0.2, 0.25) is 0 Å². The lowest BCUT2D eigenvalue weighted by Gasteiger charge is -2.17. The molecule has 0 bridgehead atoms. The Morgan fingerprint density at radius 3 is 2.89 bits per heavy atom. The van der Waals surface area contributed by atoms with Crippen LogP contribution in [0.4, 0.5) is 0 Å². The van der Waals surface area contributed by atoms with E-state index in [0.29, 0.717) is 0 Å². The van der Waals surface area contributed by atoms with Crippen LogP contribution in [-0.2, 0) is 12.8 Å². The minimum atomic E-state index is -0.231. The fourth-order valence-electron chi connectivity index (χ4n) is 3.47. The fourth-order valence-corrected chi connectivity index (χ4v) is 4.02. The molecule has 1 fully saturated rings. The molecule has 0 aromatic heterocycles. The van der Waals surface area contributed by atoms with Crippen LogP contribution in [0.25, 0.3) is 0 Å². The third-order valence-electron chi connectivity index (χ3n) is 4.36. The molecule has 1 unspecified atom stereocenters. The summed E-state index contributed by atoms with van der Waals surface area (Å²) in [5, 5.41) is 10.3. The van der Waals surface area contributed by atoms with Gasteiger partial charge in [0.1, 0.15) is 5.75 Å². The van der Waals surface area contributed by atoms with Gasteiger partial charge in [0.05, 0.1) is 12.7 Å². The van der Waals surface area contributed by atoms with E-state index in [4.69, 9.17) is 4.74 Å². The predicted molar refractivity (Wildman–Crippen MR) is 79.6 cm³/mol. The topological polar surface area (TPSA) is 29.5 Å². The fraction of sp³-hybridized carbons (Fsp3) is 0.625. The SMILES string of the molecule is OC(Cc1cc(Br)cc2c1OCC2)CC1CCCC1. The normalized spacial score (nSPS) is 20.3. The van der Waals surface area contributed by atoms with Crippen molar-refractivity contribution in [2.24, 2.45) is 5.92 Å². The number of hydrogen-bond acceptors (Lipinski definition) is 2. The monoisotopic (exact) mass is 324 g/mol. The average molecular weight is 325 g/mol. The largest absolute Gasteiger partial charge is 0.493 e. The van der Waals surface area contributed by atoms with E-state index < -0.39 is 0 Å². The van der Waals surface area contributed by atoms with Crippen molar-refractivity contribution in [3.63, 3.8) is 0 Å². The number of ether oxygens (including phenoxy) is 1. The van der Waals surface area contributed by atoms with Crippen LogP contribution in [0.5, 0.6) is 5.75 Å². The molecule has 2 aliphatic rings. The summed E-state index contributed by atoms with van der Waals surface area (Å²) in [6.07, 6.45) is 7.69. The molecule has 1 heterocycles. The third kappa shape index (κ3) is 3.14. The van der Waals surface area contributed by atoms with E-state index in [1.165, 1.54) is 31.2 Å². The Hall–Kier alpha value is -0.540. The van der Waals surface area contributed by atoms with Crippen LogP contribution in [-0.4, -0.2) is 17.8 Å². The zero-order valence-electron chi connectivity index (χ0n) is 11.2. The maximum Gasteiger partial charge on any atom is 0.125 e. The van der Waals surface area contributed by atoms with Crippen molar-refractivity contribution in [1.82, 2.24) is 0 Å². The van der Waals surface area contributed by atoms with Gasteiger partial charge in [0.25, 0.3) is 0 Å². The zero-order chi connectivity index (χ0) is 13.2. The van der Waals surface area contributed by atoms with E-state index >= 15 is 0 Å². The highest BCUT2D eigenvalue weighted by molar-refractivity contribution is 9.10. The highest BCUT2D eigenvalue weighted by Gasteiger charge is 2.22. The molecule has 3 heteroatoms. The van der Waals surface area contributed by atoms with Crippen molar-refractivity contribution in [2.45, 2.75) is 51.0 Å². The molecule has 1 aromatic rings. The minimum Gasteiger partial charge on any atom is -0.493 e. The Morgan fingerprint density at radius 2 is 2.11 bits per heavy atom. The second-order valence-corrected chi connectivity index (χ2v) is 6.81. The molecular weight excluding hydrogens is 304 g/mol. The van der Waals surface area contributed by atoms with Gasteiger partial charge in [0.15, 0.2) is 0 Å². The molecule has 1 saturated carbocycles. The molecule has 1 aliphatic carbocycles. The lowest BCUT2D eigenvalue weighted by Crippen LogP contribution is -2.15. The molecule has 104 valence electrons. The van der Waals surface area contributed by atoms with Crippen molar-refractivity contribution in [3.05, 3.63) is 27.7 Å². The lowest BCUT2D eigenvalue weighted by atomic mass is 9.95. The number of aliphatic hydroxyl groups is 1. The molecule has 0 spiro atoms. The average Bonchev–Trinajstić information content (AvgIpc) is 2.99. The standard InChI is InChI=1S/C16H21BrO2/c17-14-8-12-5-6-19-16(12)13(9-14)10-15(18)7-11-3-1-2-4-11/h8-9,11,15,18H,1-7,10H2. The van der Waals surface area contributed by atoms with Crippen molar-refractivity contribution >= 4 is 15.9 Å². The Kier molecular flexibility index (Phi) is 4.13. The van der Waals surface area contributed by atoms with Gasteiger partial charge in [-0.2, -0.15) is 0 Å². The molecule has 0 radical (unpaired) electrons. The summed E-state index contributed by atoms with van der Waals surface area (Å²) in [6.45, 7) is 0.775. The maximum atomic E-state index is 10.3. The van der Waals surface area contributed by atoms with Gasteiger partial charge in [0, 0.05) is 17.3 Å². The first-order valence-corrected chi connectivity index (χ1v) is 8.14. The predicted octanol–water partition coefficient (Wildman–Crippen LogP) is 3.87. The molecule has 1 aromatic carbocycles. The summed E-state index contributed by atoms with van der Waals surface area (Å²) < 4.78 is 6.82. The lowest BCUT2D eigenvalue weighted by molar-refractivity contribution is 0.142. The van der Waals surface area contributed by atoms with Gasteiger partial charge in [-0.1, -0.05) is 41.6 Å². The summed E-state index contributed by atoms with van der Waals surface area (Å²) in [5.74, 6) is 1.75. The number of aliphatic hydroxyl groups excluding tert-OH is 1. The summed E-state index contributed by atoms with van der Waals surface area (Å²) in [7, 11) is 0. The first-order valence-electron chi connectivity index (χ1n) is 7.34. The quantitative estimate of drug-likeness (QED) is 0.911. The first kappa shape index (κ1) is 13.4. The molecule has 2 nitrogen and oxygen atoms in total. The first-order chi connectivity index (χ1) is 9.22. The highest BCUT2D eigenvalue weighted by atomic mass is 79.9. The summed E-state index contributed by atoms with van der Waals surface area (Å²) in [4.78, 5) is 0. The Balaban J connectivity index is 1.68. The molecular formula is C16H21BrO2. The van der Waals surface area contributed by atoms with Gasteiger partial charge >= 0.3 is 0 Å². The van der Waals surface area contributed by atoms with E-state index in [9.17, 15) is 5.11 Å². The Morgan fingerprint density at radius 1 is 1.32 bits per heavy atom. The number of rotatable bonds is 4. The summed E-state index contributed by atoms with van der Waals surface area (Å²) >= 11 is 3.56. The van der Waals surface area contributed by atoms with Gasteiger partial charge < -0.3 is 9.84 Å². The van der Waals surface area contributed by atoms with Crippen LogP contribution in [0.3, 0.4) is 0 Å². The van der Waals surface area contributed by atoms with E-state index in [1.54, 1.807) is 0 Å². The molecule has 0 amide bonds. The molecule has 19 heavy (non-hydrogen) atoms. The second kappa shape index (κ2) is 5.84. The highest BCUT2D eigenvalue weighted by Crippen LogP contribution is 2.35. The van der Waals surface area contributed by atoms with Gasteiger partial charge in [-0.05, 0) is 35.6 Å². The molecule has 0 saturated heterocycles. The maximum absolute atomic E-state index is 10.3. The van der Waals surface area contributed by atoms with E-state index in [0.717, 1.165) is 47.6 Å². The van der Waals surface area contributed by atoms with Crippen LogP contribution >= 0.6 is 15.9 Å². The van der Waals surface area contributed by atoms with Gasteiger partial charge in [-0.15, -0.1) is 0 Å². The van der Waals surface area contributed by atoms with Crippen molar-refractivity contribution in [3.8, 4) is 5.75 Å². The molecule has 3 rings (SSSR count). The minimum absolute atomic E-state index is 0.231. The smallest absolute Gasteiger partial charge is 0.125 e. The summed E-state index contributed by atoms with van der Waals surface area (Å²) in [6, 6.07) is 4.23. The number of halogens is 1. The Labute approximate surface area is 123 Å². The number of hydrogen-bond donors (Lipinski definition) is 1.